The third-order valence-electron chi connectivity index (χ3n) is 4.59. The molecule has 3 rings (SSSR count). The number of hydrogen-bond donors (Lipinski definition) is 1. The summed E-state index contributed by atoms with van der Waals surface area (Å²) in [5.41, 5.74) is 1.93. The third-order valence-corrected chi connectivity index (χ3v) is 6.72. The fourth-order valence-corrected chi connectivity index (χ4v) is 4.73. The first kappa shape index (κ1) is 20.9. The second-order valence-corrected chi connectivity index (χ2v) is 9.73. The van der Waals surface area contributed by atoms with Crippen LogP contribution in [-0.2, 0) is 14.6 Å². The van der Waals surface area contributed by atoms with Crippen LogP contribution in [-0.4, -0.2) is 49.1 Å². The molecule has 1 aliphatic rings. The molecule has 1 N–H and O–H groups in total. The lowest BCUT2D eigenvalue weighted by atomic mass is 10.1. The van der Waals surface area contributed by atoms with Crippen molar-refractivity contribution in [2.24, 2.45) is 0 Å². The van der Waals surface area contributed by atoms with E-state index in [1.54, 1.807) is 37.3 Å². The predicted molar refractivity (Wildman–Crippen MR) is 111 cm³/mol. The lowest BCUT2D eigenvalue weighted by molar-refractivity contribution is -0.119. The lowest BCUT2D eigenvalue weighted by Crippen LogP contribution is -2.44. The van der Waals surface area contributed by atoms with E-state index in [-0.39, 0.29) is 22.3 Å². The van der Waals surface area contributed by atoms with Gasteiger partial charge in [0.15, 0.2) is 9.84 Å². The number of hydrogen-bond acceptors (Lipinski definition) is 6. The van der Waals surface area contributed by atoms with E-state index in [1.807, 2.05) is 6.07 Å². The predicted octanol–water partition coefficient (Wildman–Crippen LogP) is 2.42. The molecule has 2 aromatic rings. The summed E-state index contributed by atoms with van der Waals surface area (Å²) in [4.78, 5) is 27.4. The Balaban J connectivity index is 1.82. The number of aryl methyl sites for hydroxylation is 1. The van der Waals surface area contributed by atoms with Gasteiger partial charge in [0.1, 0.15) is 6.04 Å². The maximum atomic E-state index is 13.1. The topological polar surface area (TPSA) is 107 Å². The minimum absolute atomic E-state index is 0.0666. The SMILES string of the molecule is Cc1ccc(S(C)(=O)=O)cc1C(=O)N1CSCC1C(=O)Nc1ccc(C#N)cc1. The normalized spacial score (nSPS) is 16.3. The van der Waals surface area contributed by atoms with Crippen LogP contribution in [0.2, 0.25) is 0 Å². The molecule has 29 heavy (non-hydrogen) atoms. The second kappa shape index (κ2) is 8.27. The summed E-state index contributed by atoms with van der Waals surface area (Å²) in [6, 6.07) is 12.2. The van der Waals surface area contributed by atoms with E-state index in [4.69, 9.17) is 5.26 Å². The number of amides is 2. The third kappa shape index (κ3) is 4.60. The van der Waals surface area contributed by atoms with Gasteiger partial charge in [-0.1, -0.05) is 6.07 Å². The fraction of sp³-hybridized carbons (Fsp3) is 0.250. The maximum Gasteiger partial charge on any atom is 0.255 e. The van der Waals surface area contributed by atoms with Crippen LogP contribution >= 0.6 is 11.8 Å². The van der Waals surface area contributed by atoms with Gasteiger partial charge in [0, 0.05) is 23.3 Å². The zero-order valence-electron chi connectivity index (χ0n) is 15.9. The number of anilines is 1. The summed E-state index contributed by atoms with van der Waals surface area (Å²) in [6.07, 6.45) is 1.09. The van der Waals surface area contributed by atoms with E-state index >= 15 is 0 Å². The maximum absolute atomic E-state index is 13.1. The van der Waals surface area contributed by atoms with E-state index < -0.39 is 15.9 Å². The highest BCUT2D eigenvalue weighted by Gasteiger charge is 2.35. The molecule has 1 fully saturated rings. The van der Waals surface area contributed by atoms with Crippen molar-refractivity contribution in [3.8, 4) is 6.07 Å². The lowest BCUT2D eigenvalue weighted by Gasteiger charge is -2.24. The van der Waals surface area contributed by atoms with Crippen molar-refractivity contribution in [1.82, 2.24) is 4.90 Å². The van der Waals surface area contributed by atoms with Crippen LogP contribution in [0.25, 0.3) is 0 Å². The molecule has 9 heteroatoms. The largest absolute Gasteiger partial charge is 0.324 e. The molecule has 1 atom stereocenters. The number of carbonyl (C=O) groups is 2. The van der Waals surface area contributed by atoms with Crippen molar-refractivity contribution in [3.63, 3.8) is 0 Å². The number of thioether (sulfide) groups is 1. The average Bonchev–Trinajstić information content (AvgIpc) is 3.17. The van der Waals surface area contributed by atoms with E-state index in [9.17, 15) is 18.0 Å². The van der Waals surface area contributed by atoms with Gasteiger partial charge in [-0.2, -0.15) is 5.26 Å². The highest BCUT2D eigenvalue weighted by Crippen LogP contribution is 2.26. The minimum Gasteiger partial charge on any atom is -0.324 e. The molecule has 7 nitrogen and oxygen atoms in total. The molecule has 0 saturated carbocycles. The summed E-state index contributed by atoms with van der Waals surface area (Å²) in [7, 11) is -3.45. The zero-order valence-corrected chi connectivity index (χ0v) is 17.5. The minimum atomic E-state index is -3.45. The first-order valence-corrected chi connectivity index (χ1v) is 11.8. The number of rotatable bonds is 4. The number of carbonyl (C=O) groups excluding carboxylic acids is 2. The summed E-state index contributed by atoms with van der Waals surface area (Å²) in [5, 5.41) is 11.6. The van der Waals surface area contributed by atoms with Crippen molar-refractivity contribution >= 4 is 39.1 Å². The van der Waals surface area contributed by atoms with E-state index in [1.165, 1.54) is 28.8 Å². The Morgan fingerprint density at radius 2 is 1.90 bits per heavy atom. The molecule has 0 bridgehead atoms. The Morgan fingerprint density at radius 3 is 2.52 bits per heavy atom. The molecule has 2 aromatic carbocycles. The van der Waals surface area contributed by atoms with Gasteiger partial charge in [-0.05, 0) is 48.9 Å². The Morgan fingerprint density at radius 1 is 1.21 bits per heavy atom. The summed E-state index contributed by atoms with van der Waals surface area (Å²) >= 11 is 1.46. The van der Waals surface area contributed by atoms with Crippen molar-refractivity contribution < 1.29 is 18.0 Å². The Hall–Kier alpha value is -2.83. The van der Waals surface area contributed by atoms with Crippen LogP contribution in [0.3, 0.4) is 0 Å². The van der Waals surface area contributed by atoms with Crippen LogP contribution in [0.5, 0.6) is 0 Å². The number of benzene rings is 2. The molecule has 1 heterocycles. The standard InChI is InChI=1S/C20H19N3O4S2/c1-13-3-8-16(29(2,26)27)9-17(13)20(25)23-12-28-11-18(23)19(24)22-15-6-4-14(10-21)5-7-15/h3-9,18H,11-12H2,1-2H3,(H,22,24). The summed E-state index contributed by atoms with van der Waals surface area (Å²) in [6.45, 7) is 1.73. The molecule has 150 valence electrons. The Labute approximate surface area is 173 Å². The van der Waals surface area contributed by atoms with Crippen LogP contribution in [0.4, 0.5) is 5.69 Å². The average molecular weight is 430 g/mol. The van der Waals surface area contributed by atoms with Gasteiger partial charge in [0.05, 0.1) is 22.4 Å². The van der Waals surface area contributed by atoms with Gasteiger partial charge in [-0.25, -0.2) is 8.42 Å². The van der Waals surface area contributed by atoms with Crippen LogP contribution < -0.4 is 5.32 Å². The van der Waals surface area contributed by atoms with Gasteiger partial charge in [0.2, 0.25) is 5.91 Å². The molecule has 0 aliphatic carbocycles. The monoisotopic (exact) mass is 429 g/mol. The van der Waals surface area contributed by atoms with Gasteiger partial charge in [0.25, 0.3) is 5.91 Å². The second-order valence-electron chi connectivity index (χ2n) is 6.72. The Kier molecular flexibility index (Phi) is 5.96. The van der Waals surface area contributed by atoms with E-state index in [0.29, 0.717) is 28.4 Å². The van der Waals surface area contributed by atoms with Crippen molar-refractivity contribution in [2.75, 3.05) is 23.2 Å². The highest BCUT2D eigenvalue weighted by molar-refractivity contribution is 7.99. The number of sulfone groups is 1. The van der Waals surface area contributed by atoms with Gasteiger partial charge in [-0.15, -0.1) is 11.8 Å². The molecule has 0 radical (unpaired) electrons. The number of nitrogens with zero attached hydrogens (tertiary/aromatic N) is 2. The fourth-order valence-electron chi connectivity index (χ4n) is 2.93. The van der Waals surface area contributed by atoms with Gasteiger partial charge < -0.3 is 10.2 Å². The van der Waals surface area contributed by atoms with Crippen LogP contribution in [0, 0.1) is 18.3 Å². The summed E-state index contributed by atoms with van der Waals surface area (Å²) < 4.78 is 23.7. The molecule has 2 amide bonds. The smallest absolute Gasteiger partial charge is 0.255 e. The molecule has 0 spiro atoms. The summed E-state index contributed by atoms with van der Waals surface area (Å²) in [5.74, 6) is 0.0776. The van der Waals surface area contributed by atoms with Crippen LogP contribution in [0.1, 0.15) is 21.5 Å². The molecular weight excluding hydrogens is 410 g/mol. The molecule has 1 aliphatic heterocycles. The number of nitriles is 1. The molecule has 0 aromatic heterocycles. The highest BCUT2D eigenvalue weighted by atomic mass is 32.2. The molecule has 1 saturated heterocycles. The van der Waals surface area contributed by atoms with Crippen molar-refractivity contribution in [1.29, 1.82) is 5.26 Å². The first-order chi connectivity index (χ1) is 13.7. The van der Waals surface area contributed by atoms with Crippen LogP contribution in [0.15, 0.2) is 47.4 Å². The zero-order chi connectivity index (χ0) is 21.2. The van der Waals surface area contributed by atoms with E-state index in [0.717, 1.165) is 6.26 Å². The van der Waals surface area contributed by atoms with Gasteiger partial charge in [-0.3, -0.25) is 9.59 Å². The van der Waals surface area contributed by atoms with Crippen molar-refractivity contribution in [2.45, 2.75) is 17.9 Å². The molecule has 1 unspecified atom stereocenters. The quantitative estimate of drug-likeness (QED) is 0.800. The molecular formula is C20H19N3O4S2. The van der Waals surface area contributed by atoms with E-state index in [2.05, 4.69) is 5.32 Å². The van der Waals surface area contributed by atoms with Crippen molar-refractivity contribution in [3.05, 3.63) is 59.2 Å². The first-order valence-electron chi connectivity index (χ1n) is 8.71. The number of nitrogens with one attached hydrogen (secondary N) is 1. The Bertz CT molecular complexity index is 1110. The van der Waals surface area contributed by atoms with Gasteiger partial charge >= 0.3 is 0 Å².